The molecule has 30 heavy (non-hydrogen) atoms. The molecule has 1 aliphatic rings. The maximum atomic E-state index is 14.1. The van der Waals surface area contributed by atoms with Gasteiger partial charge in [-0.1, -0.05) is 11.6 Å². The highest BCUT2D eigenvalue weighted by molar-refractivity contribution is 6.31. The summed E-state index contributed by atoms with van der Waals surface area (Å²) in [5.41, 5.74) is 1.08. The molecule has 1 N–H and O–H groups in total. The monoisotopic (exact) mass is 430 g/mol. The smallest absolute Gasteiger partial charge is 0.256 e. The molecule has 4 rings (SSSR count). The first-order valence-electron chi connectivity index (χ1n) is 9.55. The van der Waals surface area contributed by atoms with E-state index < -0.39 is 5.82 Å². The van der Waals surface area contributed by atoms with Crippen molar-refractivity contribution in [2.45, 2.75) is 18.9 Å². The molecule has 2 aromatic carbocycles. The third-order valence-electron chi connectivity index (χ3n) is 4.83. The van der Waals surface area contributed by atoms with Crippen LogP contribution in [0.4, 0.5) is 10.1 Å². The third-order valence-corrected chi connectivity index (χ3v) is 5.07. The Labute approximate surface area is 177 Å². The van der Waals surface area contributed by atoms with Gasteiger partial charge in [0.05, 0.1) is 18.9 Å². The summed E-state index contributed by atoms with van der Waals surface area (Å²) in [6, 6.07) is 11.0. The first-order chi connectivity index (χ1) is 14.5. The van der Waals surface area contributed by atoms with E-state index in [1.165, 1.54) is 19.2 Å². The molecule has 1 aliphatic heterocycles. The lowest BCUT2D eigenvalue weighted by atomic mass is 10.1. The van der Waals surface area contributed by atoms with Gasteiger partial charge in [0, 0.05) is 29.6 Å². The van der Waals surface area contributed by atoms with Crippen molar-refractivity contribution in [3.05, 3.63) is 64.4 Å². The summed E-state index contributed by atoms with van der Waals surface area (Å²) in [6.45, 7) is 1.09. The fourth-order valence-corrected chi connectivity index (χ4v) is 3.48. The summed E-state index contributed by atoms with van der Waals surface area (Å²) in [7, 11) is 1.38. The maximum Gasteiger partial charge on any atom is 0.256 e. The molecule has 0 radical (unpaired) electrons. The average Bonchev–Trinajstić information content (AvgIpc) is 3.25. The molecule has 0 bridgehead atoms. The van der Waals surface area contributed by atoms with Crippen LogP contribution in [0.5, 0.6) is 5.75 Å². The zero-order chi connectivity index (χ0) is 21.1. The number of ether oxygens (including phenoxy) is 2. The topological polar surface area (TPSA) is 73.1 Å². The lowest BCUT2D eigenvalue weighted by Gasteiger charge is -2.11. The summed E-state index contributed by atoms with van der Waals surface area (Å²) in [5, 5.41) is 4.04. The first-order valence-corrected chi connectivity index (χ1v) is 9.93. The second-order valence-electron chi connectivity index (χ2n) is 6.92. The first kappa shape index (κ1) is 20.4. The number of methoxy groups -OCH3 is 1. The molecule has 0 spiro atoms. The Morgan fingerprint density at radius 2 is 2.17 bits per heavy atom. The van der Waals surface area contributed by atoms with Gasteiger partial charge in [-0.15, -0.1) is 0 Å². The molecule has 1 aromatic heterocycles. The molecule has 1 fully saturated rings. The Hall–Kier alpha value is -2.90. The van der Waals surface area contributed by atoms with Crippen LogP contribution >= 0.6 is 11.6 Å². The van der Waals surface area contributed by atoms with Crippen LogP contribution in [-0.4, -0.2) is 32.3 Å². The molecular formula is C22H20ClFN2O4. The van der Waals surface area contributed by atoms with E-state index in [0.29, 0.717) is 34.8 Å². The summed E-state index contributed by atoms with van der Waals surface area (Å²) in [5.74, 6) is -0.812. The highest BCUT2D eigenvalue weighted by Gasteiger charge is 2.19. The normalized spacial score (nSPS) is 16.8. The van der Waals surface area contributed by atoms with Crippen LogP contribution in [0.1, 0.15) is 23.2 Å². The molecule has 1 amide bonds. The predicted octanol–water partition coefficient (Wildman–Crippen LogP) is 4.38. The summed E-state index contributed by atoms with van der Waals surface area (Å²) in [4.78, 5) is 17.3. The molecule has 8 heteroatoms. The van der Waals surface area contributed by atoms with Crippen molar-refractivity contribution in [2.75, 3.05) is 20.3 Å². The Kier molecular flexibility index (Phi) is 6.01. The van der Waals surface area contributed by atoms with E-state index in [1.807, 2.05) is 0 Å². The molecule has 1 unspecified atom stereocenters. The van der Waals surface area contributed by atoms with Crippen molar-refractivity contribution < 1.29 is 23.1 Å². The number of amides is 1. The van der Waals surface area contributed by atoms with Gasteiger partial charge in [0.25, 0.3) is 5.91 Å². The van der Waals surface area contributed by atoms with Crippen LogP contribution in [0, 0.1) is 5.82 Å². The minimum Gasteiger partial charge on any atom is -0.494 e. The van der Waals surface area contributed by atoms with Crippen molar-refractivity contribution in [1.29, 1.82) is 0 Å². The van der Waals surface area contributed by atoms with E-state index in [-0.39, 0.29) is 28.9 Å². The van der Waals surface area contributed by atoms with Crippen LogP contribution in [0.15, 0.2) is 51.9 Å². The molecule has 156 valence electrons. The maximum absolute atomic E-state index is 14.1. The summed E-state index contributed by atoms with van der Waals surface area (Å²) < 4.78 is 30.4. The minimum atomic E-state index is -0.560. The van der Waals surface area contributed by atoms with Gasteiger partial charge in [-0.05, 0) is 49.2 Å². The lowest BCUT2D eigenvalue weighted by Crippen LogP contribution is -2.34. The number of nitrogens with one attached hydrogen (secondary N) is 1. The van der Waals surface area contributed by atoms with Crippen molar-refractivity contribution in [2.24, 2.45) is 4.99 Å². The lowest BCUT2D eigenvalue weighted by molar-refractivity contribution is 0.0854. The van der Waals surface area contributed by atoms with Gasteiger partial charge in [0.15, 0.2) is 11.6 Å². The second kappa shape index (κ2) is 8.85. The van der Waals surface area contributed by atoms with Gasteiger partial charge < -0.3 is 19.2 Å². The number of fused-ring (bicyclic) bond motifs is 1. The van der Waals surface area contributed by atoms with E-state index >= 15 is 0 Å². The number of carbonyl (C=O) groups is 1. The summed E-state index contributed by atoms with van der Waals surface area (Å²) in [6.07, 6.45) is 1.88. The van der Waals surface area contributed by atoms with Gasteiger partial charge in [-0.2, -0.15) is 0 Å². The highest BCUT2D eigenvalue weighted by atomic mass is 35.5. The van der Waals surface area contributed by atoms with Crippen molar-refractivity contribution in [3.8, 4) is 5.75 Å². The Bertz CT molecular complexity index is 1160. The standard InChI is InChI=1S/C22H20ClFN2O4/c1-28-20-7-5-15(11-18(20)24)26-22-17(21(27)25-12-16-3-2-8-29-16)10-13-9-14(23)4-6-19(13)30-22/h4-7,9-11,16H,2-3,8,12H2,1H3,(H,25,27). The quantitative estimate of drug-likeness (QED) is 0.652. The molecule has 1 saturated heterocycles. The van der Waals surface area contributed by atoms with E-state index in [9.17, 15) is 9.18 Å². The summed E-state index contributed by atoms with van der Waals surface area (Å²) >= 11 is 6.08. The number of benzene rings is 2. The number of nitrogens with zero attached hydrogens (tertiary/aromatic N) is 1. The van der Waals surface area contributed by atoms with Crippen LogP contribution in [0.2, 0.25) is 5.02 Å². The average molecular weight is 431 g/mol. The number of carbonyl (C=O) groups excluding carboxylic acids is 1. The Balaban J connectivity index is 1.75. The number of hydrogen-bond acceptors (Lipinski definition) is 5. The van der Waals surface area contributed by atoms with Crippen LogP contribution in [0.3, 0.4) is 0 Å². The van der Waals surface area contributed by atoms with Crippen LogP contribution in [0.25, 0.3) is 11.0 Å². The largest absolute Gasteiger partial charge is 0.494 e. The van der Waals surface area contributed by atoms with Crippen molar-refractivity contribution in [1.82, 2.24) is 5.32 Å². The number of rotatable bonds is 5. The van der Waals surface area contributed by atoms with Crippen molar-refractivity contribution >= 4 is 34.2 Å². The predicted molar refractivity (Wildman–Crippen MR) is 111 cm³/mol. The molecule has 3 aromatic rings. The zero-order valence-electron chi connectivity index (χ0n) is 16.3. The van der Waals surface area contributed by atoms with Crippen LogP contribution in [-0.2, 0) is 4.74 Å². The molecule has 1 atom stereocenters. The molecule has 0 saturated carbocycles. The third kappa shape index (κ3) is 4.47. The van der Waals surface area contributed by atoms with E-state index in [0.717, 1.165) is 12.8 Å². The van der Waals surface area contributed by atoms with E-state index in [2.05, 4.69) is 10.3 Å². The van der Waals surface area contributed by atoms with Gasteiger partial charge in [0.2, 0.25) is 5.55 Å². The van der Waals surface area contributed by atoms with Gasteiger partial charge in [-0.25, -0.2) is 9.38 Å². The fourth-order valence-electron chi connectivity index (χ4n) is 3.30. The molecule has 6 nitrogen and oxygen atoms in total. The SMILES string of the molecule is COc1ccc(N=c2oc3ccc(Cl)cc3cc2C(=O)NCC2CCCO2)cc1F. The number of hydrogen-bond donors (Lipinski definition) is 1. The van der Waals surface area contributed by atoms with Crippen molar-refractivity contribution in [3.63, 3.8) is 0 Å². The Morgan fingerprint density at radius 1 is 1.30 bits per heavy atom. The second-order valence-corrected chi connectivity index (χ2v) is 7.36. The van der Waals surface area contributed by atoms with E-state index in [1.54, 1.807) is 30.3 Å². The molecule has 2 heterocycles. The molecular weight excluding hydrogens is 411 g/mol. The number of halogens is 2. The molecule has 0 aliphatic carbocycles. The highest BCUT2D eigenvalue weighted by Crippen LogP contribution is 2.23. The minimum absolute atomic E-state index is 0.00291. The van der Waals surface area contributed by atoms with Crippen LogP contribution < -0.4 is 15.6 Å². The Morgan fingerprint density at radius 3 is 2.90 bits per heavy atom. The zero-order valence-corrected chi connectivity index (χ0v) is 17.0. The van der Waals surface area contributed by atoms with Gasteiger partial charge in [-0.3, -0.25) is 4.79 Å². The van der Waals surface area contributed by atoms with E-state index in [4.69, 9.17) is 25.5 Å². The fraction of sp³-hybridized carbons (Fsp3) is 0.273. The van der Waals surface area contributed by atoms with Gasteiger partial charge >= 0.3 is 0 Å². The van der Waals surface area contributed by atoms with Gasteiger partial charge in [0.1, 0.15) is 11.1 Å².